The Labute approximate surface area is 146 Å². The highest BCUT2D eigenvalue weighted by molar-refractivity contribution is 5.95. The van der Waals surface area contributed by atoms with Crippen molar-refractivity contribution < 1.29 is 18.7 Å². The molecule has 138 valence electrons. The van der Waals surface area contributed by atoms with Crippen molar-refractivity contribution in [3.8, 4) is 0 Å². The number of piperidine rings is 1. The normalized spacial score (nSPS) is 17.1. The standard InChI is InChI=1S/C17H25FN4O3/c1-16(2,3)25-15(24)22-8-6-17(11-19,7-9-22)14(23)21-13-5-4-12(18)10-20-13/h4-5,10H,6-9,11,19H2,1-3H3,(H,20,21,23). The van der Waals surface area contributed by atoms with E-state index in [9.17, 15) is 14.0 Å². The minimum Gasteiger partial charge on any atom is -0.444 e. The zero-order valence-corrected chi connectivity index (χ0v) is 14.8. The van der Waals surface area contributed by atoms with E-state index in [-0.39, 0.29) is 18.3 Å². The molecular formula is C17H25FN4O3. The zero-order valence-electron chi connectivity index (χ0n) is 14.8. The summed E-state index contributed by atoms with van der Waals surface area (Å²) < 4.78 is 18.3. The lowest BCUT2D eigenvalue weighted by atomic mass is 9.77. The molecule has 3 N–H and O–H groups in total. The van der Waals surface area contributed by atoms with Crippen LogP contribution in [0.25, 0.3) is 0 Å². The van der Waals surface area contributed by atoms with Crippen LogP contribution in [0.15, 0.2) is 18.3 Å². The van der Waals surface area contributed by atoms with Crippen molar-refractivity contribution in [1.82, 2.24) is 9.88 Å². The highest BCUT2D eigenvalue weighted by Gasteiger charge is 2.42. The average molecular weight is 352 g/mol. The summed E-state index contributed by atoms with van der Waals surface area (Å²) in [4.78, 5) is 30.2. The number of nitrogens with one attached hydrogen (secondary N) is 1. The number of anilines is 1. The van der Waals surface area contributed by atoms with Gasteiger partial charge in [-0.25, -0.2) is 14.2 Å². The Kier molecular flexibility index (Phi) is 5.62. The van der Waals surface area contributed by atoms with Crippen molar-refractivity contribution in [3.05, 3.63) is 24.1 Å². The lowest BCUT2D eigenvalue weighted by molar-refractivity contribution is -0.127. The monoisotopic (exact) mass is 352 g/mol. The molecule has 25 heavy (non-hydrogen) atoms. The molecule has 0 atom stereocenters. The molecule has 0 aromatic carbocycles. The lowest BCUT2D eigenvalue weighted by Crippen LogP contribution is -2.52. The van der Waals surface area contributed by atoms with Gasteiger partial charge in [-0.05, 0) is 45.7 Å². The van der Waals surface area contributed by atoms with E-state index < -0.39 is 22.9 Å². The van der Waals surface area contributed by atoms with E-state index in [4.69, 9.17) is 10.5 Å². The Balaban J connectivity index is 1.99. The fourth-order valence-corrected chi connectivity index (χ4v) is 2.67. The minimum absolute atomic E-state index is 0.155. The number of ether oxygens (including phenoxy) is 1. The van der Waals surface area contributed by atoms with Gasteiger partial charge in [0, 0.05) is 19.6 Å². The Morgan fingerprint density at radius 1 is 1.36 bits per heavy atom. The predicted octanol–water partition coefficient (Wildman–Crippen LogP) is 2.14. The van der Waals surface area contributed by atoms with E-state index >= 15 is 0 Å². The van der Waals surface area contributed by atoms with Gasteiger partial charge in [0.05, 0.1) is 11.6 Å². The molecule has 0 unspecified atom stereocenters. The van der Waals surface area contributed by atoms with Crippen molar-refractivity contribution in [3.63, 3.8) is 0 Å². The lowest BCUT2D eigenvalue weighted by Gasteiger charge is -2.40. The third-order valence-electron chi connectivity index (χ3n) is 4.21. The summed E-state index contributed by atoms with van der Waals surface area (Å²) in [5, 5.41) is 2.68. The molecule has 1 aliphatic rings. The molecule has 2 amide bonds. The first-order chi connectivity index (χ1) is 11.6. The molecule has 1 saturated heterocycles. The molecule has 2 rings (SSSR count). The van der Waals surface area contributed by atoms with Crippen LogP contribution in [-0.2, 0) is 9.53 Å². The molecule has 0 spiro atoms. The quantitative estimate of drug-likeness (QED) is 0.868. The van der Waals surface area contributed by atoms with Crippen LogP contribution < -0.4 is 11.1 Å². The van der Waals surface area contributed by atoms with Crippen molar-refractivity contribution in [2.45, 2.75) is 39.2 Å². The Morgan fingerprint density at radius 3 is 2.48 bits per heavy atom. The van der Waals surface area contributed by atoms with Gasteiger partial charge in [0.25, 0.3) is 0 Å². The average Bonchev–Trinajstić information content (AvgIpc) is 2.55. The summed E-state index contributed by atoms with van der Waals surface area (Å²) in [5.74, 6) is -0.469. The molecule has 7 nitrogen and oxygen atoms in total. The van der Waals surface area contributed by atoms with Crippen LogP contribution in [0.2, 0.25) is 0 Å². The second kappa shape index (κ2) is 7.35. The highest BCUT2D eigenvalue weighted by atomic mass is 19.1. The number of halogens is 1. The number of pyridine rings is 1. The van der Waals surface area contributed by atoms with Crippen molar-refractivity contribution in [2.24, 2.45) is 11.1 Å². The summed E-state index contributed by atoms with van der Waals surface area (Å²) in [5.41, 5.74) is 4.52. The number of aromatic nitrogens is 1. The van der Waals surface area contributed by atoms with Gasteiger partial charge < -0.3 is 20.7 Å². The number of amides is 2. The molecule has 0 aliphatic carbocycles. The van der Waals surface area contributed by atoms with Gasteiger partial charge in [0.15, 0.2) is 0 Å². The number of hydrogen-bond donors (Lipinski definition) is 2. The maximum absolute atomic E-state index is 12.9. The molecule has 2 heterocycles. The smallest absolute Gasteiger partial charge is 0.410 e. The molecule has 1 aliphatic heterocycles. The molecule has 0 radical (unpaired) electrons. The summed E-state index contributed by atoms with van der Waals surface area (Å²) in [6.07, 6.45) is 1.50. The van der Waals surface area contributed by atoms with Gasteiger partial charge in [-0.1, -0.05) is 0 Å². The predicted molar refractivity (Wildman–Crippen MR) is 91.4 cm³/mol. The number of likely N-dealkylation sites (tertiary alicyclic amines) is 1. The highest BCUT2D eigenvalue weighted by Crippen LogP contribution is 2.32. The second-order valence-corrected chi connectivity index (χ2v) is 7.27. The van der Waals surface area contributed by atoms with Crippen LogP contribution in [0, 0.1) is 11.2 Å². The van der Waals surface area contributed by atoms with Gasteiger partial charge in [0.1, 0.15) is 17.2 Å². The fourth-order valence-electron chi connectivity index (χ4n) is 2.67. The Hall–Kier alpha value is -2.22. The van der Waals surface area contributed by atoms with Gasteiger partial charge >= 0.3 is 6.09 Å². The van der Waals surface area contributed by atoms with Crippen LogP contribution in [0.4, 0.5) is 15.0 Å². The molecular weight excluding hydrogens is 327 g/mol. The van der Waals surface area contributed by atoms with E-state index in [1.807, 2.05) is 20.8 Å². The third-order valence-corrected chi connectivity index (χ3v) is 4.21. The van der Waals surface area contributed by atoms with Crippen LogP contribution in [0.3, 0.4) is 0 Å². The summed E-state index contributed by atoms with van der Waals surface area (Å²) in [6, 6.07) is 2.62. The fraction of sp³-hybridized carbons (Fsp3) is 0.588. The van der Waals surface area contributed by atoms with Gasteiger partial charge in [0.2, 0.25) is 5.91 Å². The van der Waals surface area contributed by atoms with Crippen LogP contribution in [0.5, 0.6) is 0 Å². The minimum atomic E-state index is -0.783. The van der Waals surface area contributed by atoms with Gasteiger partial charge in [-0.15, -0.1) is 0 Å². The number of nitrogens with zero attached hydrogens (tertiary/aromatic N) is 2. The van der Waals surface area contributed by atoms with Crippen LogP contribution in [0.1, 0.15) is 33.6 Å². The summed E-state index contributed by atoms with van der Waals surface area (Å²) >= 11 is 0. The van der Waals surface area contributed by atoms with E-state index in [1.165, 1.54) is 12.1 Å². The van der Waals surface area contributed by atoms with E-state index in [2.05, 4.69) is 10.3 Å². The Morgan fingerprint density at radius 2 is 2.00 bits per heavy atom. The van der Waals surface area contributed by atoms with Crippen molar-refractivity contribution in [2.75, 3.05) is 25.0 Å². The number of carbonyl (C=O) groups is 2. The Bertz CT molecular complexity index is 620. The number of rotatable bonds is 3. The summed E-state index contributed by atoms with van der Waals surface area (Å²) in [6.45, 7) is 6.35. The molecule has 1 aromatic rings. The van der Waals surface area contributed by atoms with E-state index in [0.717, 1.165) is 6.20 Å². The topological polar surface area (TPSA) is 97.5 Å². The van der Waals surface area contributed by atoms with E-state index in [0.29, 0.717) is 25.9 Å². The van der Waals surface area contributed by atoms with Gasteiger partial charge in [-0.3, -0.25) is 4.79 Å². The van der Waals surface area contributed by atoms with Crippen molar-refractivity contribution in [1.29, 1.82) is 0 Å². The SMILES string of the molecule is CC(C)(C)OC(=O)N1CCC(CN)(C(=O)Nc2ccc(F)cn2)CC1. The molecule has 8 heteroatoms. The number of hydrogen-bond acceptors (Lipinski definition) is 5. The zero-order chi connectivity index (χ0) is 18.7. The first-order valence-corrected chi connectivity index (χ1v) is 8.26. The van der Waals surface area contributed by atoms with E-state index in [1.54, 1.807) is 4.90 Å². The van der Waals surface area contributed by atoms with Gasteiger partial charge in [-0.2, -0.15) is 0 Å². The largest absolute Gasteiger partial charge is 0.444 e. The number of nitrogens with two attached hydrogens (primary N) is 1. The first-order valence-electron chi connectivity index (χ1n) is 8.26. The maximum atomic E-state index is 12.9. The summed E-state index contributed by atoms with van der Waals surface area (Å²) in [7, 11) is 0. The second-order valence-electron chi connectivity index (χ2n) is 7.27. The van der Waals surface area contributed by atoms with Crippen LogP contribution in [-0.4, -0.2) is 47.1 Å². The van der Waals surface area contributed by atoms with Crippen molar-refractivity contribution >= 4 is 17.8 Å². The van der Waals surface area contributed by atoms with Crippen LogP contribution >= 0.6 is 0 Å². The molecule has 0 saturated carbocycles. The molecule has 1 fully saturated rings. The molecule has 0 bridgehead atoms. The molecule has 1 aromatic heterocycles. The third kappa shape index (κ3) is 4.88. The first kappa shape index (κ1) is 19.1. The number of carbonyl (C=O) groups excluding carboxylic acids is 2. The maximum Gasteiger partial charge on any atom is 0.410 e.